The summed E-state index contributed by atoms with van der Waals surface area (Å²) in [5.74, 6) is 0.154. The van der Waals surface area contributed by atoms with E-state index in [0.717, 1.165) is 5.56 Å². The maximum absolute atomic E-state index is 12.1. The molecule has 0 amide bonds. The summed E-state index contributed by atoms with van der Waals surface area (Å²) in [5.41, 5.74) is 8.36. The van der Waals surface area contributed by atoms with Gasteiger partial charge in [-0.3, -0.25) is 0 Å². The highest BCUT2D eigenvalue weighted by Crippen LogP contribution is 2.29. The summed E-state index contributed by atoms with van der Waals surface area (Å²) in [6, 6.07) is 16.3. The van der Waals surface area contributed by atoms with Gasteiger partial charge in [0.15, 0.2) is 11.5 Å². The fourth-order valence-electron chi connectivity index (χ4n) is 2.70. The topological polar surface area (TPSA) is 117 Å². The van der Waals surface area contributed by atoms with Crippen molar-refractivity contribution in [3.8, 4) is 34.3 Å². The number of aromatic nitrogens is 4. The van der Waals surface area contributed by atoms with Crippen LogP contribution in [-0.2, 0) is 4.74 Å². The first kappa shape index (κ1) is 20.7. The molecular weight excluding hydrogens is 382 g/mol. The molecule has 0 bridgehead atoms. The van der Waals surface area contributed by atoms with Crippen LogP contribution in [0, 0.1) is 0 Å². The summed E-state index contributed by atoms with van der Waals surface area (Å²) in [6.07, 6.45) is 1.48. The van der Waals surface area contributed by atoms with Crippen molar-refractivity contribution in [3.63, 3.8) is 0 Å². The van der Waals surface area contributed by atoms with Gasteiger partial charge in [-0.2, -0.15) is 0 Å². The third-order valence-corrected chi connectivity index (χ3v) is 4.06. The quantitative estimate of drug-likeness (QED) is 0.502. The molecule has 0 aliphatic rings. The van der Waals surface area contributed by atoms with Crippen LogP contribution in [0.15, 0.2) is 65.2 Å². The molecule has 0 aliphatic heterocycles. The minimum absolute atomic E-state index is 0.140. The van der Waals surface area contributed by atoms with E-state index < -0.39 is 5.97 Å². The lowest BCUT2D eigenvalue weighted by Crippen LogP contribution is -2.05. The van der Waals surface area contributed by atoms with Crippen molar-refractivity contribution in [1.29, 1.82) is 0 Å². The number of hydrogen-bond acceptors (Lipinski definition) is 8. The normalized spacial score (nSPS) is 10.1. The average Bonchev–Trinajstić information content (AvgIpc) is 3.31. The smallest absolute Gasteiger partial charge is 0.338 e. The van der Waals surface area contributed by atoms with Gasteiger partial charge in [0, 0.05) is 11.1 Å². The van der Waals surface area contributed by atoms with Crippen molar-refractivity contribution in [2.75, 3.05) is 12.8 Å². The molecule has 8 heteroatoms. The molecule has 8 nitrogen and oxygen atoms in total. The van der Waals surface area contributed by atoms with Crippen LogP contribution in [0.5, 0.6) is 0 Å². The first-order valence-electron chi connectivity index (χ1n) is 9.37. The van der Waals surface area contributed by atoms with Crippen LogP contribution in [0.2, 0.25) is 0 Å². The van der Waals surface area contributed by atoms with E-state index in [4.69, 9.17) is 14.9 Å². The Morgan fingerprint density at radius 2 is 1.63 bits per heavy atom. The molecular formula is C22H21N5O3. The minimum atomic E-state index is -0.472. The zero-order valence-electron chi connectivity index (χ0n) is 16.9. The van der Waals surface area contributed by atoms with E-state index in [-0.39, 0.29) is 17.4 Å². The number of esters is 1. The van der Waals surface area contributed by atoms with Gasteiger partial charge in [-0.05, 0) is 18.2 Å². The summed E-state index contributed by atoms with van der Waals surface area (Å²) >= 11 is 0. The van der Waals surface area contributed by atoms with E-state index in [1.165, 1.54) is 13.3 Å². The average molecular weight is 403 g/mol. The Labute approximate surface area is 173 Å². The van der Waals surface area contributed by atoms with Crippen LogP contribution >= 0.6 is 0 Å². The van der Waals surface area contributed by atoms with Crippen LogP contribution in [0.25, 0.3) is 34.3 Å². The highest BCUT2D eigenvalue weighted by molar-refractivity contribution is 5.96. The molecule has 4 aromatic rings. The number of nitrogens with zero attached hydrogens (tertiary/aromatic N) is 4. The molecule has 2 aromatic heterocycles. The number of nitrogens with two attached hydrogens (primary N) is 1. The number of rotatable bonds is 4. The van der Waals surface area contributed by atoms with Crippen LogP contribution in [0.4, 0.5) is 5.82 Å². The first-order valence-corrected chi connectivity index (χ1v) is 9.37. The lowest BCUT2D eigenvalue weighted by Gasteiger charge is -2.08. The Morgan fingerprint density at radius 1 is 0.967 bits per heavy atom. The van der Waals surface area contributed by atoms with Crippen LogP contribution in [0.3, 0.4) is 0 Å². The molecule has 0 radical (unpaired) electrons. The maximum atomic E-state index is 12.1. The molecule has 0 saturated carbocycles. The Morgan fingerprint density at radius 3 is 2.37 bits per heavy atom. The van der Waals surface area contributed by atoms with Crippen molar-refractivity contribution < 1.29 is 13.9 Å². The maximum Gasteiger partial charge on any atom is 0.338 e. The molecule has 0 aliphatic carbocycles. The molecule has 2 N–H and O–H groups in total. The second-order valence-electron chi connectivity index (χ2n) is 5.80. The Bertz CT molecular complexity index is 1140. The van der Waals surface area contributed by atoms with Crippen LogP contribution in [-0.4, -0.2) is 33.2 Å². The Kier molecular flexibility index (Phi) is 6.49. The molecule has 2 aromatic carbocycles. The van der Waals surface area contributed by atoms with E-state index in [1.54, 1.807) is 24.3 Å². The minimum Gasteiger partial charge on any atom is -0.465 e. The van der Waals surface area contributed by atoms with Gasteiger partial charge >= 0.3 is 5.97 Å². The first-order chi connectivity index (χ1) is 14.7. The number of anilines is 1. The second-order valence-corrected chi connectivity index (χ2v) is 5.80. The van der Waals surface area contributed by atoms with Crippen LogP contribution < -0.4 is 5.73 Å². The Hall–Kier alpha value is -4.07. The molecule has 0 unspecified atom stereocenters. The summed E-state index contributed by atoms with van der Waals surface area (Å²) in [5, 5.41) is 8.09. The molecule has 30 heavy (non-hydrogen) atoms. The zero-order chi connectivity index (χ0) is 21.5. The summed E-state index contributed by atoms with van der Waals surface area (Å²) in [7, 11) is 1.32. The number of carbonyl (C=O) groups is 1. The standard InChI is InChI=1S/C20H15N5O3.C2H6/c1-27-20(26)14-10-6-5-9-13(14)15-11-22-17(21)16(23-15)19-25-24-18(28-19)12-7-3-2-4-8-12;1-2/h2-11H,1H3,(H2,21,22);1-2H3. The molecule has 0 saturated heterocycles. The number of benzene rings is 2. The van der Waals surface area contributed by atoms with Gasteiger partial charge in [-0.1, -0.05) is 50.2 Å². The monoisotopic (exact) mass is 403 g/mol. The summed E-state index contributed by atoms with van der Waals surface area (Å²) in [6.45, 7) is 4.00. The molecule has 0 spiro atoms. The van der Waals surface area contributed by atoms with Crippen molar-refractivity contribution in [3.05, 3.63) is 66.4 Å². The van der Waals surface area contributed by atoms with Crippen molar-refractivity contribution in [2.24, 2.45) is 0 Å². The number of hydrogen-bond donors (Lipinski definition) is 1. The summed E-state index contributed by atoms with van der Waals surface area (Å²) < 4.78 is 10.6. The van der Waals surface area contributed by atoms with Gasteiger partial charge in [0.25, 0.3) is 5.89 Å². The third kappa shape index (κ3) is 4.17. The van der Waals surface area contributed by atoms with Gasteiger partial charge in [0.1, 0.15) is 0 Å². The number of methoxy groups -OCH3 is 1. The lowest BCUT2D eigenvalue weighted by molar-refractivity contribution is 0.0601. The van der Waals surface area contributed by atoms with E-state index in [2.05, 4.69) is 20.2 Å². The largest absolute Gasteiger partial charge is 0.465 e. The number of carbonyl (C=O) groups excluding carboxylic acids is 1. The van der Waals surface area contributed by atoms with Gasteiger partial charge in [-0.25, -0.2) is 14.8 Å². The highest BCUT2D eigenvalue weighted by atomic mass is 16.5. The molecule has 4 rings (SSSR count). The van der Waals surface area contributed by atoms with E-state index in [0.29, 0.717) is 22.7 Å². The second kappa shape index (κ2) is 9.42. The van der Waals surface area contributed by atoms with E-state index in [9.17, 15) is 4.79 Å². The van der Waals surface area contributed by atoms with Gasteiger partial charge < -0.3 is 14.9 Å². The molecule has 2 heterocycles. The van der Waals surface area contributed by atoms with Gasteiger partial charge in [-0.15, -0.1) is 10.2 Å². The Balaban J connectivity index is 0.00000124. The fourth-order valence-corrected chi connectivity index (χ4v) is 2.70. The highest BCUT2D eigenvalue weighted by Gasteiger charge is 2.19. The van der Waals surface area contributed by atoms with E-state index >= 15 is 0 Å². The fraction of sp³-hybridized carbons (Fsp3) is 0.136. The van der Waals surface area contributed by atoms with Crippen molar-refractivity contribution in [2.45, 2.75) is 13.8 Å². The van der Waals surface area contributed by atoms with E-state index in [1.807, 2.05) is 44.2 Å². The SMILES string of the molecule is CC.COC(=O)c1ccccc1-c1cnc(N)c(-c2nnc(-c3ccccc3)o2)n1. The number of nitrogen functional groups attached to an aromatic ring is 1. The predicted octanol–water partition coefficient (Wildman–Crippen LogP) is 4.26. The van der Waals surface area contributed by atoms with Crippen molar-refractivity contribution in [1.82, 2.24) is 20.2 Å². The predicted molar refractivity (Wildman–Crippen MR) is 113 cm³/mol. The lowest BCUT2D eigenvalue weighted by atomic mass is 10.0. The van der Waals surface area contributed by atoms with Crippen molar-refractivity contribution >= 4 is 11.8 Å². The van der Waals surface area contributed by atoms with Gasteiger partial charge in [0.05, 0.1) is 24.6 Å². The molecule has 0 fully saturated rings. The zero-order valence-corrected chi connectivity index (χ0v) is 16.9. The molecule has 0 atom stereocenters. The van der Waals surface area contributed by atoms with Gasteiger partial charge in [0.2, 0.25) is 5.89 Å². The molecule has 152 valence electrons. The van der Waals surface area contributed by atoms with Crippen LogP contribution in [0.1, 0.15) is 24.2 Å². The number of ether oxygens (including phenoxy) is 1. The third-order valence-electron chi connectivity index (χ3n) is 4.06. The summed E-state index contributed by atoms with van der Waals surface area (Å²) in [4.78, 5) is 20.7.